The van der Waals surface area contributed by atoms with Gasteiger partial charge in [0.25, 0.3) is 0 Å². The number of ether oxygens (including phenoxy) is 3. The van der Waals surface area contributed by atoms with Crippen LogP contribution in [0.5, 0.6) is 23.5 Å². The maximum Gasteiger partial charge on any atom is 0.336 e. The molecule has 140 valence electrons. The average molecular weight is 377 g/mol. The Bertz CT molecular complexity index is 1170. The first-order valence-electron chi connectivity index (χ1n) is 8.29. The van der Waals surface area contributed by atoms with Crippen LogP contribution in [-0.4, -0.2) is 29.2 Å². The first-order chi connectivity index (χ1) is 13.7. The van der Waals surface area contributed by atoms with Crippen LogP contribution in [0.4, 0.5) is 0 Å². The Balaban J connectivity index is 1.76. The lowest BCUT2D eigenvalue weighted by atomic mass is 10.0. The second-order valence-corrected chi connectivity index (χ2v) is 5.71. The summed E-state index contributed by atoms with van der Waals surface area (Å²) in [5.41, 5.74) is 1.53. The third-order valence-corrected chi connectivity index (χ3v) is 3.99. The Hall–Kier alpha value is -3.94. The van der Waals surface area contributed by atoms with Crippen LogP contribution in [0.15, 0.2) is 64.1 Å². The summed E-state index contributed by atoms with van der Waals surface area (Å²) in [5.74, 6) is 1.00. The summed E-state index contributed by atoms with van der Waals surface area (Å²) in [5, 5.41) is 0.766. The zero-order chi connectivity index (χ0) is 19.5. The molecule has 0 bridgehead atoms. The van der Waals surface area contributed by atoms with E-state index in [0.717, 1.165) is 16.5 Å². The van der Waals surface area contributed by atoms with Gasteiger partial charge in [-0.3, -0.25) is 4.98 Å². The quantitative estimate of drug-likeness (QED) is 0.488. The molecule has 0 N–H and O–H groups in total. The van der Waals surface area contributed by atoms with Crippen LogP contribution < -0.4 is 19.8 Å². The summed E-state index contributed by atoms with van der Waals surface area (Å²) in [6.07, 6.45) is 3.33. The normalized spacial score (nSPS) is 10.6. The van der Waals surface area contributed by atoms with E-state index in [9.17, 15) is 4.79 Å². The van der Waals surface area contributed by atoms with E-state index < -0.39 is 5.63 Å². The second-order valence-electron chi connectivity index (χ2n) is 5.71. The maximum absolute atomic E-state index is 12.0. The molecule has 0 saturated carbocycles. The van der Waals surface area contributed by atoms with Crippen LogP contribution in [0.25, 0.3) is 22.1 Å². The van der Waals surface area contributed by atoms with Gasteiger partial charge in [0.15, 0.2) is 0 Å². The number of hydrogen-bond acceptors (Lipinski definition) is 8. The molecular weight excluding hydrogens is 362 g/mol. The van der Waals surface area contributed by atoms with E-state index in [1.54, 1.807) is 30.6 Å². The molecule has 3 heterocycles. The molecule has 0 aliphatic carbocycles. The minimum atomic E-state index is -0.462. The molecule has 1 aromatic carbocycles. The van der Waals surface area contributed by atoms with E-state index in [-0.39, 0.29) is 6.01 Å². The van der Waals surface area contributed by atoms with Crippen LogP contribution in [0.1, 0.15) is 0 Å². The highest BCUT2D eigenvalue weighted by molar-refractivity contribution is 5.93. The van der Waals surface area contributed by atoms with Crippen molar-refractivity contribution in [1.82, 2.24) is 15.0 Å². The number of benzene rings is 1. The Labute approximate surface area is 159 Å². The molecule has 3 aromatic heterocycles. The third kappa shape index (κ3) is 3.48. The molecule has 0 radical (unpaired) electrons. The molecule has 0 spiro atoms. The first-order valence-corrected chi connectivity index (χ1v) is 8.29. The van der Waals surface area contributed by atoms with E-state index in [4.69, 9.17) is 18.6 Å². The Morgan fingerprint density at radius 3 is 2.29 bits per heavy atom. The first kappa shape index (κ1) is 17.5. The van der Waals surface area contributed by atoms with Gasteiger partial charge in [0, 0.05) is 29.9 Å². The Morgan fingerprint density at radius 1 is 0.893 bits per heavy atom. The zero-order valence-corrected chi connectivity index (χ0v) is 15.1. The fraction of sp³-hybridized carbons (Fsp3) is 0.100. The number of rotatable bonds is 5. The molecule has 4 rings (SSSR count). The van der Waals surface area contributed by atoms with Crippen LogP contribution in [-0.2, 0) is 0 Å². The predicted octanol–water partition coefficient (Wildman–Crippen LogP) is 3.45. The lowest BCUT2D eigenvalue weighted by Gasteiger charge is -2.09. The summed E-state index contributed by atoms with van der Waals surface area (Å²) in [6, 6.07) is 11.8. The fourth-order valence-corrected chi connectivity index (χ4v) is 2.72. The van der Waals surface area contributed by atoms with Crippen LogP contribution in [0.3, 0.4) is 0 Å². The summed E-state index contributed by atoms with van der Waals surface area (Å²) in [7, 11) is 2.97. The molecule has 28 heavy (non-hydrogen) atoms. The summed E-state index contributed by atoms with van der Waals surface area (Å²) in [4.78, 5) is 24.3. The van der Waals surface area contributed by atoms with Crippen molar-refractivity contribution in [3.8, 4) is 34.6 Å². The van der Waals surface area contributed by atoms with Gasteiger partial charge in [0.05, 0.1) is 20.3 Å². The standard InChI is InChI=1S/C20H15N3O5/c1-25-17-11-18(26-2)23-20(22-17)27-13-3-4-14-15(12-5-7-21-8-6-12)10-19(24)28-16(14)9-13/h3-11H,1-2H3. The van der Waals surface area contributed by atoms with E-state index in [1.807, 2.05) is 12.1 Å². The van der Waals surface area contributed by atoms with Crippen molar-refractivity contribution < 1.29 is 18.6 Å². The van der Waals surface area contributed by atoms with Gasteiger partial charge in [-0.25, -0.2) is 4.79 Å². The van der Waals surface area contributed by atoms with Gasteiger partial charge in [0.1, 0.15) is 11.3 Å². The lowest BCUT2D eigenvalue weighted by Crippen LogP contribution is -2.00. The Morgan fingerprint density at radius 2 is 1.61 bits per heavy atom. The predicted molar refractivity (Wildman–Crippen MR) is 101 cm³/mol. The van der Waals surface area contributed by atoms with Gasteiger partial charge in [-0.1, -0.05) is 0 Å². The molecule has 0 unspecified atom stereocenters. The molecule has 0 amide bonds. The van der Waals surface area contributed by atoms with Crippen molar-refractivity contribution in [2.45, 2.75) is 0 Å². The third-order valence-electron chi connectivity index (χ3n) is 3.99. The smallest absolute Gasteiger partial charge is 0.336 e. The molecule has 4 aromatic rings. The van der Waals surface area contributed by atoms with E-state index in [1.165, 1.54) is 26.4 Å². The highest BCUT2D eigenvalue weighted by Gasteiger charge is 2.12. The number of pyridine rings is 1. The van der Waals surface area contributed by atoms with Crippen LogP contribution in [0, 0.1) is 0 Å². The van der Waals surface area contributed by atoms with Crippen molar-refractivity contribution >= 4 is 11.0 Å². The summed E-state index contributed by atoms with van der Waals surface area (Å²) >= 11 is 0. The van der Waals surface area contributed by atoms with E-state index in [2.05, 4.69) is 15.0 Å². The molecule has 0 fully saturated rings. The monoisotopic (exact) mass is 377 g/mol. The van der Waals surface area contributed by atoms with Gasteiger partial charge in [-0.05, 0) is 35.4 Å². The van der Waals surface area contributed by atoms with Crippen molar-refractivity contribution in [1.29, 1.82) is 0 Å². The average Bonchev–Trinajstić information content (AvgIpc) is 2.73. The van der Waals surface area contributed by atoms with Gasteiger partial charge in [-0.15, -0.1) is 0 Å². The van der Waals surface area contributed by atoms with Crippen LogP contribution >= 0.6 is 0 Å². The molecule has 8 nitrogen and oxygen atoms in total. The SMILES string of the molecule is COc1cc(OC)nc(Oc2ccc3c(-c4ccncc4)cc(=O)oc3c2)n1. The largest absolute Gasteiger partial charge is 0.481 e. The van der Waals surface area contributed by atoms with Crippen molar-refractivity contribution in [2.75, 3.05) is 14.2 Å². The van der Waals surface area contributed by atoms with Gasteiger partial charge >= 0.3 is 11.6 Å². The molecule has 0 saturated heterocycles. The summed E-state index contributed by atoms with van der Waals surface area (Å²) < 4.78 is 21.3. The zero-order valence-electron chi connectivity index (χ0n) is 15.1. The minimum absolute atomic E-state index is 0.0446. The Kier molecular flexibility index (Phi) is 4.59. The molecule has 0 aliphatic rings. The number of nitrogens with zero attached hydrogens (tertiary/aromatic N) is 3. The van der Waals surface area contributed by atoms with Gasteiger partial charge in [0.2, 0.25) is 11.8 Å². The summed E-state index contributed by atoms with van der Waals surface area (Å²) in [6.45, 7) is 0. The molecule has 0 atom stereocenters. The van der Waals surface area contributed by atoms with E-state index >= 15 is 0 Å². The van der Waals surface area contributed by atoms with Crippen molar-refractivity contribution in [3.63, 3.8) is 0 Å². The molecule has 0 aliphatic heterocycles. The highest BCUT2D eigenvalue weighted by Crippen LogP contribution is 2.31. The number of aromatic nitrogens is 3. The number of hydrogen-bond donors (Lipinski definition) is 0. The minimum Gasteiger partial charge on any atom is -0.481 e. The van der Waals surface area contributed by atoms with Gasteiger partial charge in [-0.2, -0.15) is 9.97 Å². The number of methoxy groups -OCH3 is 2. The van der Waals surface area contributed by atoms with Crippen LogP contribution in [0.2, 0.25) is 0 Å². The van der Waals surface area contributed by atoms with Crippen molar-refractivity contribution in [2.24, 2.45) is 0 Å². The fourth-order valence-electron chi connectivity index (χ4n) is 2.72. The topological polar surface area (TPSA) is 96.6 Å². The van der Waals surface area contributed by atoms with Gasteiger partial charge < -0.3 is 18.6 Å². The second kappa shape index (κ2) is 7.36. The molecule has 8 heteroatoms. The highest BCUT2D eigenvalue weighted by atomic mass is 16.5. The lowest BCUT2D eigenvalue weighted by molar-refractivity contribution is 0.348. The maximum atomic E-state index is 12.0. The van der Waals surface area contributed by atoms with Crippen molar-refractivity contribution in [3.05, 3.63) is 65.3 Å². The van der Waals surface area contributed by atoms with E-state index in [0.29, 0.717) is 23.1 Å². The number of fused-ring (bicyclic) bond motifs is 1. The molecular formula is C20H15N3O5.